The maximum Gasteiger partial charge on any atom is 0.144 e. The first kappa shape index (κ1) is 12.3. The van der Waals surface area contributed by atoms with Crippen molar-refractivity contribution in [3.8, 4) is 6.07 Å². The SMILES string of the molecule is CSC1CCN(c2c(C#N)c(C)nn2C)CC1. The van der Waals surface area contributed by atoms with Gasteiger partial charge in [-0.1, -0.05) is 0 Å². The number of anilines is 1. The fraction of sp³-hybridized carbons (Fsp3) is 0.667. The van der Waals surface area contributed by atoms with Crippen LogP contribution in [0.15, 0.2) is 0 Å². The summed E-state index contributed by atoms with van der Waals surface area (Å²) >= 11 is 1.95. The highest BCUT2D eigenvalue weighted by molar-refractivity contribution is 7.99. The second-order valence-electron chi connectivity index (χ2n) is 4.44. The van der Waals surface area contributed by atoms with E-state index in [0.29, 0.717) is 0 Å². The van der Waals surface area contributed by atoms with Crippen LogP contribution >= 0.6 is 11.8 Å². The van der Waals surface area contributed by atoms with Crippen LogP contribution in [0.2, 0.25) is 0 Å². The second-order valence-corrected chi connectivity index (χ2v) is 5.58. The van der Waals surface area contributed by atoms with Crippen LogP contribution in [0.1, 0.15) is 24.1 Å². The summed E-state index contributed by atoms with van der Waals surface area (Å²) in [5.41, 5.74) is 1.56. The maximum absolute atomic E-state index is 9.21. The third-order valence-corrected chi connectivity index (χ3v) is 4.52. The Balaban J connectivity index is 2.21. The standard InChI is InChI=1S/C12H18N4S/c1-9-11(8-13)12(15(2)14-9)16-6-4-10(17-3)5-7-16/h10H,4-7H2,1-3H3. The molecule has 0 amide bonds. The summed E-state index contributed by atoms with van der Waals surface area (Å²) in [5.74, 6) is 0.990. The topological polar surface area (TPSA) is 44.9 Å². The van der Waals surface area contributed by atoms with Crippen LogP contribution < -0.4 is 4.90 Å². The number of hydrogen-bond donors (Lipinski definition) is 0. The van der Waals surface area contributed by atoms with Crippen molar-refractivity contribution in [2.45, 2.75) is 25.0 Å². The molecule has 1 aliphatic heterocycles. The average molecular weight is 250 g/mol. The summed E-state index contributed by atoms with van der Waals surface area (Å²) in [5, 5.41) is 14.3. The van der Waals surface area contributed by atoms with Gasteiger partial charge >= 0.3 is 0 Å². The lowest BCUT2D eigenvalue weighted by Crippen LogP contribution is -2.36. The van der Waals surface area contributed by atoms with Gasteiger partial charge in [0.25, 0.3) is 0 Å². The molecule has 0 aromatic carbocycles. The van der Waals surface area contributed by atoms with E-state index in [-0.39, 0.29) is 0 Å². The largest absolute Gasteiger partial charge is 0.356 e. The van der Waals surface area contributed by atoms with Crippen LogP contribution in [0.5, 0.6) is 0 Å². The van der Waals surface area contributed by atoms with E-state index >= 15 is 0 Å². The summed E-state index contributed by atoms with van der Waals surface area (Å²) in [7, 11) is 1.92. The van der Waals surface area contributed by atoms with Crippen LogP contribution in [-0.2, 0) is 7.05 Å². The smallest absolute Gasteiger partial charge is 0.144 e. The van der Waals surface area contributed by atoms with Gasteiger partial charge in [0.2, 0.25) is 0 Å². The Bertz CT molecular complexity index is 438. The molecule has 4 nitrogen and oxygen atoms in total. The molecular weight excluding hydrogens is 232 g/mol. The molecule has 1 aromatic rings. The van der Waals surface area contributed by atoms with Gasteiger partial charge in [0.05, 0.1) is 5.69 Å². The van der Waals surface area contributed by atoms with Crippen molar-refractivity contribution in [1.29, 1.82) is 5.26 Å². The molecule has 0 aliphatic carbocycles. The molecule has 2 heterocycles. The van der Waals surface area contributed by atoms with Crippen LogP contribution in [0.25, 0.3) is 0 Å². The number of rotatable bonds is 2. The first-order valence-corrected chi connectivity index (χ1v) is 7.17. The normalized spacial score (nSPS) is 17.2. The van der Waals surface area contributed by atoms with E-state index in [0.717, 1.165) is 35.4 Å². The molecule has 92 valence electrons. The number of hydrogen-bond acceptors (Lipinski definition) is 4. The fourth-order valence-corrected chi connectivity index (χ4v) is 3.13. The van der Waals surface area contributed by atoms with Gasteiger partial charge in [-0.2, -0.15) is 22.1 Å². The van der Waals surface area contributed by atoms with Gasteiger partial charge in [-0.05, 0) is 26.0 Å². The maximum atomic E-state index is 9.21. The Labute approximate surface area is 107 Å². The third kappa shape index (κ3) is 2.27. The number of thioether (sulfide) groups is 1. The van der Waals surface area contributed by atoms with E-state index in [1.807, 2.05) is 30.4 Å². The van der Waals surface area contributed by atoms with Crippen LogP contribution in [0.4, 0.5) is 5.82 Å². The zero-order valence-electron chi connectivity index (χ0n) is 10.6. The van der Waals surface area contributed by atoms with E-state index in [9.17, 15) is 5.26 Å². The molecule has 17 heavy (non-hydrogen) atoms. The number of aromatic nitrogens is 2. The first-order valence-electron chi connectivity index (χ1n) is 5.88. The van der Waals surface area contributed by atoms with Gasteiger partial charge in [0.1, 0.15) is 17.5 Å². The molecule has 0 N–H and O–H groups in total. The van der Waals surface area contributed by atoms with Gasteiger partial charge in [-0.3, -0.25) is 4.68 Å². The first-order chi connectivity index (χ1) is 8.17. The van der Waals surface area contributed by atoms with Gasteiger partial charge in [-0.25, -0.2) is 0 Å². The van der Waals surface area contributed by atoms with Gasteiger partial charge < -0.3 is 4.90 Å². The number of piperidine rings is 1. The van der Waals surface area contributed by atoms with Crippen molar-refractivity contribution in [2.24, 2.45) is 7.05 Å². The molecule has 1 aliphatic rings. The van der Waals surface area contributed by atoms with Gasteiger partial charge in [-0.15, -0.1) is 0 Å². The molecule has 0 unspecified atom stereocenters. The Morgan fingerprint density at radius 3 is 2.59 bits per heavy atom. The summed E-state index contributed by atoms with van der Waals surface area (Å²) in [4.78, 5) is 2.30. The molecule has 0 spiro atoms. The molecule has 1 fully saturated rings. The van der Waals surface area contributed by atoms with E-state index in [1.54, 1.807) is 0 Å². The summed E-state index contributed by atoms with van der Waals surface area (Å²) < 4.78 is 1.84. The Hall–Kier alpha value is -1.15. The molecule has 0 bridgehead atoms. The van der Waals surface area contributed by atoms with Crippen LogP contribution in [0.3, 0.4) is 0 Å². The van der Waals surface area contributed by atoms with Crippen molar-refractivity contribution in [1.82, 2.24) is 9.78 Å². The lowest BCUT2D eigenvalue weighted by atomic mass is 10.1. The molecule has 5 heteroatoms. The van der Waals surface area contributed by atoms with Crippen molar-refractivity contribution in [2.75, 3.05) is 24.2 Å². The Kier molecular flexibility index (Phi) is 3.63. The van der Waals surface area contributed by atoms with Crippen LogP contribution in [-0.4, -0.2) is 34.4 Å². The quantitative estimate of drug-likeness (QED) is 0.804. The number of nitriles is 1. The highest BCUT2D eigenvalue weighted by Crippen LogP contribution is 2.28. The van der Waals surface area contributed by atoms with Crippen molar-refractivity contribution >= 4 is 17.6 Å². The molecule has 0 atom stereocenters. The minimum Gasteiger partial charge on any atom is -0.356 e. The van der Waals surface area contributed by atoms with E-state index in [4.69, 9.17) is 0 Å². The molecule has 2 rings (SSSR count). The monoisotopic (exact) mass is 250 g/mol. The van der Waals surface area contributed by atoms with Gasteiger partial charge in [0, 0.05) is 25.4 Å². The zero-order chi connectivity index (χ0) is 12.4. The fourth-order valence-electron chi connectivity index (χ4n) is 2.44. The second kappa shape index (κ2) is 5.01. The molecule has 0 saturated carbocycles. The van der Waals surface area contributed by atoms with E-state index < -0.39 is 0 Å². The predicted molar refractivity (Wildman–Crippen MR) is 71.4 cm³/mol. The highest BCUT2D eigenvalue weighted by Gasteiger charge is 2.24. The summed E-state index contributed by atoms with van der Waals surface area (Å²) in [6.07, 6.45) is 4.56. The molecule has 1 aromatic heterocycles. The lowest BCUT2D eigenvalue weighted by Gasteiger charge is -2.32. The number of nitrogens with zero attached hydrogens (tertiary/aromatic N) is 4. The van der Waals surface area contributed by atoms with E-state index in [1.165, 1.54) is 12.8 Å². The molecule has 0 radical (unpaired) electrons. The van der Waals surface area contributed by atoms with Crippen molar-refractivity contribution in [3.05, 3.63) is 11.3 Å². The predicted octanol–water partition coefficient (Wildman–Crippen LogP) is 1.93. The van der Waals surface area contributed by atoms with E-state index in [2.05, 4.69) is 22.3 Å². The number of aryl methyl sites for hydroxylation is 2. The minimum atomic E-state index is 0.732. The average Bonchev–Trinajstić information content (AvgIpc) is 2.63. The Morgan fingerprint density at radius 1 is 1.41 bits per heavy atom. The molecular formula is C12H18N4S. The highest BCUT2D eigenvalue weighted by atomic mass is 32.2. The third-order valence-electron chi connectivity index (χ3n) is 3.38. The summed E-state index contributed by atoms with van der Waals surface area (Å²) in [6.45, 7) is 3.95. The lowest BCUT2D eigenvalue weighted by molar-refractivity contribution is 0.572. The minimum absolute atomic E-state index is 0.732. The van der Waals surface area contributed by atoms with Gasteiger partial charge in [0.15, 0.2) is 0 Å². The Morgan fingerprint density at radius 2 is 2.06 bits per heavy atom. The van der Waals surface area contributed by atoms with Crippen LogP contribution in [0, 0.1) is 18.3 Å². The molecule has 1 saturated heterocycles. The van der Waals surface area contributed by atoms with Crippen molar-refractivity contribution in [3.63, 3.8) is 0 Å². The van der Waals surface area contributed by atoms with Crippen molar-refractivity contribution < 1.29 is 0 Å². The summed E-state index contributed by atoms with van der Waals surface area (Å²) in [6, 6.07) is 2.28. The zero-order valence-corrected chi connectivity index (χ0v) is 11.4.